The third-order valence-corrected chi connectivity index (χ3v) is 6.11. The molecule has 3 atom stereocenters. The molecule has 10 nitrogen and oxygen atoms in total. The number of phosphoric acid groups is 1. The van der Waals surface area contributed by atoms with E-state index < -0.39 is 51.8 Å². The van der Waals surface area contributed by atoms with Crippen LogP contribution in [0.2, 0.25) is 0 Å². The second-order valence-electron chi connectivity index (χ2n) is 8.67. The number of allylic oxidation sites excluding steroid dienone is 4. The van der Waals surface area contributed by atoms with Crippen LogP contribution < -0.4 is 0 Å². The molecule has 0 aromatic carbocycles. The summed E-state index contributed by atoms with van der Waals surface area (Å²) in [5, 5.41) is 18.0. The maximum absolute atomic E-state index is 12.2. The highest BCUT2D eigenvalue weighted by Crippen LogP contribution is 2.43. The zero-order chi connectivity index (χ0) is 27.8. The molecule has 0 bridgehead atoms. The Kier molecular flexibility index (Phi) is 22.6. The molecule has 0 aliphatic carbocycles. The SMILES string of the molecule is CCCC/C=C\C/C=C\CCCCCCCC(=O)OC(COC(=O)CC)COP(=O)(O)OCC(O)CO. The van der Waals surface area contributed by atoms with E-state index in [0.29, 0.717) is 6.42 Å². The summed E-state index contributed by atoms with van der Waals surface area (Å²) in [6.45, 7) is 1.64. The van der Waals surface area contributed by atoms with Gasteiger partial charge in [-0.05, 0) is 32.1 Å². The lowest BCUT2D eigenvalue weighted by Crippen LogP contribution is -2.29. The van der Waals surface area contributed by atoms with Gasteiger partial charge < -0.3 is 24.6 Å². The van der Waals surface area contributed by atoms with Gasteiger partial charge in [0.1, 0.15) is 12.7 Å². The molecule has 0 radical (unpaired) electrons. The zero-order valence-corrected chi connectivity index (χ0v) is 23.3. The molecule has 0 fully saturated rings. The van der Waals surface area contributed by atoms with Crippen LogP contribution in [0.3, 0.4) is 0 Å². The van der Waals surface area contributed by atoms with E-state index in [1.54, 1.807) is 6.92 Å². The number of carbonyl (C=O) groups excluding carboxylic acids is 2. The molecular weight excluding hydrogens is 503 g/mol. The highest BCUT2D eigenvalue weighted by Gasteiger charge is 2.26. The summed E-state index contributed by atoms with van der Waals surface area (Å²) in [5.74, 6) is -1.05. The highest BCUT2D eigenvalue weighted by molar-refractivity contribution is 7.47. The zero-order valence-electron chi connectivity index (χ0n) is 22.4. The molecule has 11 heteroatoms. The average molecular weight is 551 g/mol. The molecule has 0 aliphatic rings. The molecule has 0 heterocycles. The molecule has 0 saturated heterocycles. The first-order valence-electron chi connectivity index (χ1n) is 13.3. The van der Waals surface area contributed by atoms with Gasteiger partial charge in [-0.3, -0.25) is 18.6 Å². The van der Waals surface area contributed by atoms with Crippen molar-refractivity contribution in [1.29, 1.82) is 0 Å². The molecule has 0 spiro atoms. The Bertz CT molecular complexity index is 695. The first-order chi connectivity index (χ1) is 17.7. The number of aliphatic hydroxyl groups is 2. The van der Waals surface area contributed by atoms with Crippen molar-refractivity contribution in [2.45, 2.75) is 103 Å². The Labute approximate surface area is 221 Å². The topological polar surface area (TPSA) is 149 Å². The molecule has 3 unspecified atom stereocenters. The van der Waals surface area contributed by atoms with Gasteiger partial charge in [-0.1, -0.05) is 70.3 Å². The first kappa shape index (κ1) is 35.5. The van der Waals surface area contributed by atoms with Crippen LogP contribution in [0, 0.1) is 0 Å². The van der Waals surface area contributed by atoms with Gasteiger partial charge in [0.15, 0.2) is 6.10 Å². The predicted octanol–water partition coefficient (Wildman–Crippen LogP) is 4.76. The lowest BCUT2D eigenvalue weighted by molar-refractivity contribution is -0.161. The number of hydrogen-bond donors (Lipinski definition) is 3. The van der Waals surface area contributed by atoms with Crippen molar-refractivity contribution in [2.24, 2.45) is 0 Å². The van der Waals surface area contributed by atoms with Gasteiger partial charge in [-0.15, -0.1) is 0 Å². The van der Waals surface area contributed by atoms with Gasteiger partial charge >= 0.3 is 19.8 Å². The van der Waals surface area contributed by atoms with Crippen LogP contribution >= 0.6 is 7.82 Å². The molecule has 0 aromatic heterocycles. The van der Waals surface area contributed by atoms with Crippen LogP contribution in [0.4, 0.5) is 0 Å². The van der Waals surface area contributed by atoms with E-state index in [-0.39, 0.29) is 19.4 Å². The first-order valence-corrected chi connectivity index (χ1v) is 14.8. The monoisotopic (exact) mass is 550 g/mol. The van der Waals surface area contributed by atoms with Crippen molar-refractivity contribution in [3.8, 4) is 0 Å². The van der Waals surface area contributed by atoms with Crippen LogP contribution in [0.25, 0.3) is 0 Å². The van der Waals surface area contributed by atoms with Gasteiger partial charge in [0.2, 0.25) is 0 Å². The lowest BCUT2D eigenvalue weighted by Gasteiger charge is -2.20. The quantitative estimate of drug-likeness (QED) is 0.0664. The van der Waals surface area contributed by atoms with Gasteiger partial charge in [0, 0.05) is 12.8 Å². The van der Waals surface area contributed by atoms with Crippen molar-refractivity contribution in [3.05, 3.63) is 24.3 Å². The van der Waals surface area contributed by atoms with Gasteiger partial charge in [-0.2, -0.15) is 0 Å². The Morgan fingerprint density at radius 1 is 0.838 bits per heavy atom. The average Bonchev–Trinajstić information content (AvgIpc) is 2.88. The minimum absolute atomic E-state index is 0.119. The Balaban J connectivity index is 4.20. The lowest BCUT2D eigenvalue weighted by atomic mass is 10.1. The van der Waals surface area contributed by atoms with E-state index in [1.165, 1.54) is 12.8 Å². The largest absolute Gasteiger partial charge is 0.472 e. The summed E-state index contributed by atoms with van der Waals surface area (Å²) in [5.41, 5.74) is 0. The summed E-state index contributed by atoms with van der Waals surface area (Å²) < 4.78 is 31.5. The smallest absolute Gasteiger partial charge is 0.462 e. The van der Waals surface area contributed by atoms with Crippen molar-refractivity contribution >= 4 is 19.8 Å². The van der Waals surface area contributed by atoms with Crippen LogP contribution in [-0.4, -0.2) is 65.7 Å². The van der Waals surface area contributed by atoms with E-state index in [0.717, 1.165) is 44.9 Å². The molecular formula is C26H47O10P. The molecule has 0 aliphatic heterocycles. The van der Waals surface area contributed by atoms with Crippen LogP contribution in [0.1, 0.15) is 90.9 Å². The molecule has 0 amide bonds. The van der Waals surface area contributed by atoms with Crippen LogP contribution in [0.15, 0.2) is 24.3 Å². The number of aliphatic hydroxyl groups excluding tert-OH is 2. The van der Waals surface area contributed by atoms with Gasteiger partial charge in [-0.25, -0.2) is 4.57 Å². The standard InChI is InChI=1S/C26H47O10P/c1-3-5-6-7-8-9-10-11-12-13-14-15-16-17-18-26(30)36-24(21-33-25(29)4-2)22-35-37(31,32)34-20-23(28)19-27/h7-8,10-11,23-24,27-28H,3-6,9,12-22H2,1-2H3,(H,31,32)/b8-7-,11-10-. The molecule has 0 aromatic rings. The van der Waals surface area contributed by atoms with E-state index >= 15 is 0 Å². The second kappa shape index (κ2) is 23.6. The summed E-state index contributed by atoms with van der Waals surface area (Å²) in [6, 6.07) is 0. The third kappa shape index (κ3) is 23.3. The molecule has 216 valence electrons. The maximum Gasteiger partial charge on any atom is 0.472 e. The number of unbranched alkanes of at least 4 members (excludes halogenated alkanes) is 7. The third-order valence-electron chi connectivity index (χ3n) is 5.16. The highest BCUT2D eigenvalue weighted by atomic mass is 31.2. The Morgan fingerprint density at radius 3 is 2.11 bits per heavy atom. The summed E-state index contributed by atoms with van der Waals surface area (Å²) >= 11 is 0. The normalized spacial score (nSPS) is 15.1. The Hall–Kier alpha value is -1.55. The number of ether oxygens (including phenoxy) is 2. The summed E-state index contributed by atoms with van der Waals surface area (Å²) in [6.07, 6.45) is 17.0. The van der Waals surface area contributed by atoms with Crippen molar-refractivity contribution in [2.75, 3.05) is 26.4 Å². The minimum atomic E-state index is -4.57. The van der Waals surface area contributed by atoms with Crippen molar-refractivity contribution in [1.82, 2.24) is 0 Å². The van der Waals surface area contributed by atoms with Crippen LogP contribution in [0.5, 0.6) is 0 Å². The minimum Gasteiger partial charge on any atom is -0.462 e. The molecule has 37 heavy (non-hydrogen) atoms. The number of rotatable bonds is 24. The number of phosphoric ester groups is 1. The van der Waals surface area contributed by atoms with Gasteiger partial charge in [0.05, 0.1) is 19.8 Å². The van der Waals surface area contributed by atoms with Crippen LogP contribution in [-0.2, 0) is 32.7 Å². The molecule has 3 N–H and O–H groups in total. The van der Waals surface area contributed by atoms with E-state index in [9.17, 15) is 24.2 Å². The fourth-order valence-corrected chi connectivity index (χ4v) is 3.78. The molecule has 0 saturated carbocycles. The van der Waals surface area contributed by atoms with E-state index in [2.05, 4.69) is 35.8 Å². The van der Waals surface area contributed by atoms with Crippen molar-refractivity contribution < 1.29 is 47.8 Å². The predicted molar refractivity (Wildman–Crippen MR) is 141 cm³/mol. The van der Waals surface area contributed by atoms with E-state index in [4.69, 9.17) is 19.1 Å². The fourth-order valence-electron chi connectivity index (χ4n) is 2.99. The van der Waals surface area contributed by atoms with Gasteiger partial charge in [0.25, 0.3) is 0 Å². The van der Waals surface area contributed by atoms with E-state index in [1.807, 2.05) is 0 Å². The number of carbonyl (C=O) groups is 2. The number of hydrogen-bond acceptors (Lipinski definition) is 9. The fraction of sp³-hybridized carbons (Fsp3) is 0.769. The maximum atomic E-state index is 12.2. The number of esters is 2. The molecule has 0 rings (SSSR count). The Morgan fingerprint density at radius 2 is 1.46 bits per heavy atom. The summed E-state index contributed by atoms with van der Waals surface area (Å²) in [4.78, 5) is 33.3. The second-order valence-corrected chi connectivity index (χ2v) is 10.1. The van der Waals surface area contributed by atoms with Crippen molar-refractivity contribution in [3.63, 3.8) is 0 Å². The summed E-state index contributed by atoms with van der Waals surface area (Å²) in [7, 11) is -4.57.